The van der Waals surface area contributed by atoms with Crippen molar-refractivity contribution in [2.45, 2.75) is 12.0 Å². The fourth-order valence-corrected chi connectivity index (χ4v) is 3.76. The summed E-state index contributed by atoms with van der Waals surface area (Å²) < 4.78 is 42.2. The third-order valence-electron chi connectivity index (χ3n) is 4.84. The zero-order valence-corrected chi connectivity index (χ0v) is 15.7. The summed E-state index contributed by atoms with van der Waals surface area (Å²) >= 11 is 5.73. The molecule has 2 amide bonds. The van der Waals surface area contributed by atoms with Crippen molar-refractivity contribution < 1.29 is 22.8 Å². The number of rotatable bonds is 3. The number of carbonyl (C=O) groups is 1. The second-order valence-corrected chi connectivity index (χ2v) is 7.14. The summed E-state index contributed by atoms with van der Waals surface area (Å²) in [5.41, 5.74) is 0.180. The van der Waals surface area contributed by atoms with Crippen molar-refractivity contribution in [1.82, 2.24) is 10.2 Å². The highest BCUT2D eigenvalue weighted by Gasteiger charge is 2.44. The van der Waals surface area contributed by atoms with Crippen LogP contribution in [0, 0.1) is 17.5 Å². The number of amides is 2. The number of halogens is 4. The summed E-state index contributed by atoms with van der Waals surface area (Å²) in [6.07, 6.45) is 0. The molecule has 2 aliphatic rings. The molecule has 2 aromatic rings. The predicted molar refractivity (Wildman–Crippen MR) is 101 cm³/mol. The fraction of sp³-hybridized carbons (Fsp3) is 0.263. The lowest BCUT2D eigenvalue weighted by atomic mass is 9.93. The van der Waals surface area contributed by atoms with E-state index in [0.29, 0.717) is 24.7 Å². The standard InChI is InChI=1S/C19H16ClF3N4O2/c20-10-7-14(22)16(15(23)8-10)13-9-27-5-6-29-26-18(27)17(13)25-19(28)24-12-3-1-11(21)2-4-12/h1-4,7-8,13,17H,5-6,9H2,(H2,24,25,28)/t13-,17-/m0/s1. The van der Waals surface area contributed by atoms with Crippen LogP contribution in [0.3, 0.4) is 0 Å². The van der Waals surface area contributed by atoms with Gasteiger partial charge in [-0.25, -0.2) is 18.0 Å². The van der Waals surface area contributed by atoms with E-state index in [2.05, 4.69) is 15.8 Å². The van der Waals surface area contributed by atoms with E-state index in [1.54, 1.807) is 0 Å². The van der Waals surface area contributed by atoms with Crippen molar-refractivity contribution in [3.63, 3.8) is 0 Å². The second-order valence-electron chi connectivity index (χ2n) is 6.70. The number of benzene rings is 2. The molecule has 0 aromatic heterocycles. The molecule has 152 valence electrons. The predicted octanol–water partition coefficient (Wildman–Crippen LogP) is 3.69. The molecule has 0 bridgehead atoms. The third-order valence-corrected chi connectivity index (χ3v) is 5.05. The van der Waals surface area contributed by atoms with Crippen molar-refractivity contribution >= 4 is 29.2 Å². The Hall–Kier alpha value is -2.94. The summed E-state index contributed by atoms with van der Waals surface area (Å²) in [5.74, 6) is -2.40. The highest BCUT2D eigenvalue weighted by molar-refractivity contribution is 6.30. The van der Waals surface area contributed by atoms with E-state index in [1.165, 1.54) is 24.3 Å². The number of nitrogens with zero attached hydrogens (tertiary/aromatic N) is 2. The fourth-order valence-electron chi connectivity index (χ4n) is 3.57. The summed E-state index contributed by atoms with van der Waals surface area (Å²) in [6.45, 7) is 1.05. The highest BCUT2D eigenvalue weighted by atomic mass is 35.5. The van der Waals surface area contributed by atoms with E-state index in [4.69, 9.17) is 16.4 Å². The van der Waals surface area contributed by atoms with Gasteiger partial charge in [-0.3, -0.25) is 0 Å². The van der Waals surface area contributed by atoms with E-state index in [1.807, 2.05) is 4.90 Å². The molecular formula is C19H16ClF3N4O2. The lowest BCUT2D eigenvalue weighted by Gasteiger charge is -2.24. The smallest absolute Gasteiger partial charge is 0.319 e. The van der Waals surface area contributed by atoms with Gasteiger partial charge in [-0.05, 0) is 36.4 Å². The van der Waals surface area contributed by atoms with Crippen LogP contribution in [0.2, 0.25) is 5.02 Å². The van der Waals surface area contributed by atoms with Gasteiger partial charge in [-0.1, -0.05) is 16.8 Å². The molecule has 0 aliphatic carbocycles. The molecule has 4 rings (SSSR count). The molecule has 10 heteroatoms. The molecule has 6 nitrogen and oxygen atoms in total. The van der Waals surface area contributed by atoms with Gasteiger partial charge < -0.3 is 20.4 Å². The first-order chi connectivity index (χ1) is 13.9. The number of amidine groups is 1. The molecule has 0 unspecified atom stereocenters. The van der Waals surface area contributed by atoms with Gasteiger partial charge >= 0.3 is 6.03 Å². The molecule has 29 heavy (non-hydrogen) atoms. The topological polar surface area (TPSA) is 66.0 Å². The van der Waals surface area contributed by atoms with Gasteiger partial charge in [0.25, 0.3) is 0 Å². The van der Waals surface area contributed by atoms with E-state index >= 15 is 0 Å². The molecular weight excluding hydrogens is 409 g/mol. The number of fused-ring (bicyclic) bond motifs is 1. The number of hydrogen-bond acceptors (Lipinski definition) is 4. The molecule has 2 heterocycles. The summed E-state index contributed by atoms with van der Waals surface area (Å²) in [4.78, 5) is 19.4. The van der Waals surface area contributed by atoms with E-state index in [9.17, 15) is 18.0 Å². The van der Waals surface area contributed by atoms with Crippen molar-refractivity contribution in [1.29, 1.82) is 0 Å². The van der Waals surface area contributed by atoms with Gasteiger partial charge in [0.1, 0.15) is 30.1 Å². The molecule has 1 saturated heterocycles. The largest absolute Gasteiger partial charge is 0.392 e. The summed E-state index contributed by atoms with van der Waals surface area (Å²) in [7, 11) is 0. The molecule has 0 spiro atoms. The first-order valence-corrected chi connectivity index (χ1v) is 9.22. The zero-order chi connectivity index (χ0) is 20.5. The Balaban J connectivity index is 1.61. The zero-order valence-electron chi connectivity index (χ0n) is 15.0. The van der Waals surface area contributed by atoms with Crippen molar-refractivity contribution in [3.8, 4) is 0 Å². The number of carbonyl (C=O) groups excluding carboxylic acids is 1. The summed E-state index contributed by atoms with van der Waals surface area (Å²) in [6, 6.07) is 5.80. The van der Waals surface area contributed by atoms with Gasteiger partial charge in [0.2, 0.25) is 0 Å². The van der Waals surface area contributed by atoms with Gasteiger partial charge in [0.05, 0.1) is 6.54 Å². The van der Waals surface area contributed by atoms with Crippen molar-refractivity contribution in [2.75, 3.05) is 25.0 Å². The molecule has 1 fully saturated rings. The number of anilines is 1. The van der Waals surface area contributed by atoms with Crippen LogP contribution in [0.4, 0.5) is 23.7 Å². The van der Waals surface area contributed by atoms with E-state index < -0.39 is 35.4 Å². The van der Waals surface area contributed by atoms with Crippen LogP contribution >= 0.6 is 11.6 Å². The van der Waals surface area contributed by atoms with Crippen LogP contribution in [-0.2, 0) is 4.84 Å². The Morgan fingerprint density at radius 2 is 1.86 bits per heavy atom. The monoisotopic (exact) mass is 424 g/mol. The Morgan fingerprint density at radius 3 is 2.55 bits per heavy atom. The molecule has 2 N–H and O–H groups in total. The van der Waals surface area contributed by atoms with E-state index in [-0.39, 0.29) is 17.1 Å². The quantitative estimate of drug-likeness (QED) is 0.789. The van der Waals surface area contributed by atoms with Gasteiger partial charge in [0.15, 0.2) is 5.84 Å². The second kappa shape index (κ2) is 7.82. The van der Waals surface area contributed by atoms with Crippen molar-refractivity contribution in [3.05, 3.63) is 64.4 Å². The maximum absolute atomic E-state index is 14.6. The minimum absolute atomic E-state index is 0.0568. The lowest BCUT2D eigenvalue weighted by molar-refractivity contribution is 0.106. The number of oxime groups is 1. The number of urea groups is 1. The van der Waals surface area contributed by atoms with Crippen LogP contribution < -0.4 is 10.6 Å². The maximum Gasteiger partial charge on any atom is 0.319 e. The number of nitrogens with one attached hydrogen (secondary N) is 2. The average molecular weight is 425 g/mol. The Labute approximate surface area is 169 Å². The first kappa shape index (κ1) is 19.4. The molecule has 0 radical (unpaired) electrons. The third kappa shape index (κ3) is 3.95. The Morgan fingerprint density at radius 1 is 1.17 bits per heavy atom. The Bertz CT molecular complexity index is 947. The SMILES string of the molecule is O=C(Nc1ccc(F)cc1)N[C@@H]1C2=NOCCN2C[C@H]1c1c(F)cc(Cl)cc1F. The van der Waals surface area contributed by atoms with Gasteiger partial charge in [0, 0.05) is 28.7 Å². The number of hydrogen-bond donors (Lipinski definition) is 2. The minimum atomic E-state index is -0.832. The molecule has 0 saturated carbocycles. The lowest BCUT2D eigenvalue weighted by Crippen LogP contribution is -2.47. The van der Waals surface area contributed by atoms with Crippen LogP contribution in [-0.4, -0.2) is 42.5 Å². The van der Waals surface area contributed by atoms with Gasteiger partial charge in [-0.15, -0.1) is 0 Å². The first-order valence-electron chi connectivity index (χ1n) is 8.84. The molecule has 2 aliphatic heterocycles. The summed E-state index contributed by atoms with van der Waals surface area (Å²) in [5, 5.41) is 9.18. The average Bonchev–Trinajstić information content (AvgIpc) is 3.01. The highest BCUT2D eigenvalue weighted by Crippen LogP contribution is 2.35. The maximum atomic E-state index is 14.6. The van der Waals surface area contributed by atoms with Gasteiger partial charge in [-0.2, -0.15) is 0 Å². The van der Waals surface area contributed by atoms with Crippen LogP contribution in [0.25, 0.3) is 0 Å². The van der Waals surface area contributed by atoms with E-state index in [0.717, 1.165) is 12.1 Å². The van der Waals surface area contributed by atoms with Crippen molar-refractivity contribution in [2.24, 2.45) is 5.16 Å². The Kier molecular flexibility index (Phi) is 5.23. The van der Waals surface area contributed by atoms with Crippen LogP contribution in [0.1, 0.15) is 11.5 Å². The molecule has 2 atom stereocenters. The minimum Gasteiger partial charge on any atom is -0.392 e. The molecule has 2 aromatic carbocycles. The van der Waals surface area contributed by atoms with Crippen LogP contribution in [0.15, 0.2) is 41.6 Å². The van der Waals surface area contributed by atoms with Crippen LogP contribution in [0.5, 0.6) is 0 Å². The normalized spacial score (nSPS) is 20.6.